The zero-order chi connectivity index (χ0) is 27.7. The summed E-state index contributed by atoms with van der Waals surface area (Å²) in [5, 5.41) is 12.8. The number of sulfonamides is 1. The number of benzene rings is 2. The number of aliphatic hydroxyl groups is 1. The number of ether oxygens (including phenoxy) is 1. The molecule has 1 aliphatic carbocycles. The molecule has 1 amide bonds. The van der Waals surface area contributed by atoms with E-state index in [4.69, 9.17) is 4.74 Å². The van der Waals surface area contributed by atoms with Crippen LogP contribution in [0.3, 0.4) is 0 Å². The van der Waals surface area contributed by atoms with Crippen LogP contribution in [0, 0.1) is 12.7 Å². The van der Waals surface area contributed by atoms with Crippen LogP contribution in [0.25, 0.3) is 11.3 Å². The van der Waals surface area contributed by atoms with Gasteiger partial charge in [-0.3, -0.25) is 4.79 Å². The quantitative estimate of drug-likeness (QED) is 0.318. The second-order valence-corrected chi connectivity index (χ2v) is 11.1. The zero-order valence-corrected chi connectivity index (χ0v) is 21.1. The normalized spacial score (nSPS) is 18.1. The Labute approximate surface area is 217 Å². The van der Waals surface area contributed by atoms with E-state index in [9.17, 15) is 31.5 Å². The van der Waals surface area contributed by atoms with Crippen molar-refractivity contribution in [2.75, 3.05) is 6.61 Å². The molecular formula is C26H26F4N2O5S. The van der Waals surface area contributed by atoms with Crippen molar-refractivity contribution >= 4 is 27.2 Å². The van der Waals surface area contributed by atoms with Gasteiger partial charge in [0.1, 0.15) is 11.6 Å². The Hall–Kier alpha value is -3.38. The predicted octanol–water partition coefficient (Wildman–Crippen LogP) is 4.18. The number of carbonyl (C=O) groups is 1. The van der Waals surface area contributed by atoms with Crippen molar-refractivity contribution in [3.8, 4) is 5.75 Å². The lowest BCUT2D eigenvalue weighted by Crippen LogP contribution is -2.43. The van der Waals surface area contributed by atoms with Crippen LogP contribution in [0.2, 0.25) is 0 Å². The summed E-state index contributed by atoms with van der Waals surface area (Å²) in [7, 11) is -3.90. The summed E-state index contributed by atoms with van der Waals surface area (Å²) in [5.74, 6) is -1.74. The molecule has 1 aliphatic heterocycles. The maximum Gasteiger partial charge on any atom is 0.389 e. The van der Waals surface area contributed by atoms with E-state index >= 15 is 4.39 Å². The van der Waals surface area contributed by atoms with Gasteiger partial charge in [0.25, 0.3) is 5.91 Å². The molecular weight excluding hydrogens is 528 g/mol. The minimum absolute atomic E-state index is 0.00126. The third kappa shape index (κ3) is 6.73. The fraction of sp³-hybridized carbons (Fsp3) is 0.346. The smallest absolute Gasteiger partial charge is 0.389 e. The minimum atomic E-state index is -4.31. The number of hydrogen-bond donors (Lipinski definition) is 3. The van der Waals surface area contributed by atoms with E-state index in [0.29, 0.717) is 18.4 Å². The van der Waals surface area contributed by atoms with Crippen LogP contribution in [0.5, 0.6) is 5.75 Å². The van der Waals surface area contributed by atoms with Gasteiger partial charge < -0.3 is 15.2 Å². The van der Waals surface area contributed by atoms with Gasteiger partial charge in [-0.2, -0.15) is 13.2 Å². The van der Waals surface area contributed by atoms with Crippen molar-refractivity contribution in [1.29, 1.82) is 0 Å². The van der Waals surface area contributed by atoms with Gasteiger partial charge in [0.2, 0.25) is 10.0 Å². The molecule has 0 spiro atoms. The topological polar surface area (TPSA) is 105 Å². The SMILES string of the molecule is Cc1ccc(C2=C(C(=O)NS(=O)(=O)C3CC3)C(O)NC(c3ccc(OCCCC(F)(F)F)cc3F)=C2)cc1. The lowest BCUT2D eigenvalue weighted by molar-refractivity contribution is -0.136. The van der Waals surface area contributed by atoms with Crippen LogP contribution >= 0.6 is 0 Å². The van der Waals surface area contributed by atoms with Gasteiger partial charge >= 0.3 is 6.18 Å². The van der Waals surface area contributed by atoms with Gasteiger partial charge in [-0.25, -0.2) is 17.5 Å². The van der Waals surface area contributed by atoms with Crippen LogP contribution in [-0.4, -0.2) is 43.7 Å². The van der Waals surface area contributed by atoms with Crippen molar-refractivity contribution in [3.63, 3.8) is 0 Å². The number of halogens is 4. The Kier molecular flexibility index (Phi) is 7.84. The van der Waals surface area contributed by atoms with Gasteiger partial charge in [0.15, 0.2) is 6.23 Å². The number of amides is 1. The first kappa shape index (κ1) is 27.6. The molecule has 0 saturated heterocycles. The Morgan fingerprint density at radius 2 is 1.84 bits per heavy atom. The molecule has 204 valence electrons. The zero-order valence-electron chi connectivity index (χ0n) is 20.3. The van der Waals surface area contributed by atoms with E-state index in [1.54, 1.807) is 24.3 Å². The van der Waals surface area contributed by atoms with E-state index in [0.717, 1.165) is 11.6 Å². The first-order valence-corrected chi connectivity index (χ1v) is 13.4. The van der Waals surface area contributed by atoms with E-state index in [2.05, 4.69) is 5.32 Å². The monoisotopic (exact) mass is 554 g/mol. The highest BCUT2D eigenvalue weighted by atomic mass is 32.2. The maximum absolute atomic E-state index is 15.0. The van der Waals surface area contributed by atoms with Crippen molar-refractivity contribution < 1.29 is 40.6 Å². The van der Waals surface area contributed by atoms with Gasteiger partial charge in [-0.1, -0.05) is 29.8 Å². The predicted molar refractivity (Wildman–Crippen MR) is 132 cm³/mol. The summed E-state index contributed by atoms with van der Waals surface area (Å²) in [4.78, 5) is 13.0. The van der Waals surface area contributed by atoms with E-state index in [1.165, 1.54) is 18.2 Å². The van der Waals surface area contributed by atoms with Crippen LogP contribution in [-0.2, 0) is 14.8 Å². The van der Waals surface area contributed by atoms with E-state index in [1.807, 2.05) is 11.6 Å². The fourth-order valence-electron chi connectivity index (χ4n) is 3.92. The highest BCUT2D eigenvalue weighted by molar-refractivity contribution is 7.91. The average Bonchev–Trinajstić information content (AvgIpc) is 3.67. The molecule has 12 heteroatoms. The number of dihydropyridines is 1. The van der Waals surface area contributed by atoms with Gasteiger partial charge in [0, 0.05) is 23.7 Å². The molecule has 1 fully saturated rings. The molecule has 1 atom stereocenters. The molecule has 0 radical (unpaired) electrons. The number of alkyl halides is 3. The highest BCUT2D eigenvalue weighted by Gasteiger charge is 2.39. The molecule has 2 aromatic carbocycles. The standard InChI is InChI=1S/C26H26F4N2O5S/c1-15-3-5-16(6-4-15)20-14-22(31-24(33)23(20)25(34)32-38(35,36)18-8-9-18)19-10-7-17(13-21(19)27)37-12-2-11-26(28,29)30/h3-7,10,13-14,18,24,31,33H,2,8-9,11-12H2,1H3,(H,32,34). The van der Waals surface area contributed by atoms with Gasteiger partial charge in [-0.05, 0) is 55.5 Å². The lowest BCUT2D eigenvalue weighted by Gasteiger charge is -2.27. The van der Waals surface area contributed by atoms with Crippen LogP contribution in [0.1, 0.15) is 42.4 Å². The first-order valence-electron chi connectivity index (χ1n) is 11.9. The molecule has 0 bridgehead atoms. The van der Waals surface area contributed by atoms with E-state index in [-0.39, 0.29) is 41.2 Å². The van der Waals surface area contributed by atoms with Crippen LogP contribution in [0.4, 0.5) is 17.6 Å². The summed E-state index contributed by atoms with van der Waals surface area (Å²) in [6, 6.07) is 10.6. The third-order valence-corrected chi connectivity index (χ3v) is 7.87. The minimum Gasteiger partial charge on any atom is -0.493 e. The summed E-state index contributed by atoms with van der Waals surface area (Å²) in [5.41, 5.74) is 1.48. The van der Waals surface area contributed by atoms with Crippen molar-refractivity contribution in [2.24, 2.45) is 0 Å². The fourth-order valence-corrected chi connectivity index (χ4v) is 5.21. The first-order chi connectivity index (χ1) is 17.8. The number of aryl methyl sites for hydroxylation is 1. The molecule has 4 rings (SSSR count). The Morgan fingerprint density at radius 3 is 2.45 bits per heavy atom. The average molecular weight is 555 g/mol. The molecule has 2 aliphatic rings. The van der Waals surface area contributed by atoms with Crippen LogP contribution < -0.4 is 14.8 Å². The number of allylic oxidation sites excluding steroid dienone is 2. The van der Waals surface area contributed by atoms with Crippen molar-refractivity contribution in [3.05, 3.63) is 76.6 Å². The number of aliphatic hydroxyl groups excluding tert-OH is 1. The number of carbonyl (C=O) groups excluding carboxylic acids is 1. The molecule has 38 heavy (non-hydrogen) atoms. The molecule has 2 aromatic rings. The summed E-state index contributed by atoms with van der Waals surface area (Å²) < 4.78 is 83.9. The second kappa shape index (κ2) is 10.8. The molecule has 7 nitrogen and oxygen atoms in total. The summed E-state index contributed by atoms with van der Waals surface area (Å²) in [6.07, 6.45) is -4.96. The third-order valence-electron chi connectivity index (χ3n) is 6.05. The molecule has 3 N–H and O–H groups in total. The number of nitrogens with one attached hydrogen (secondary N) is 2. The van der Waals surface area contributed by atoms with Crippen LogP contribution in [0.15, 0.2) is 54.1 Å². The number of hydrogen-bond acceptors (Lipinski definition) is 6. The summed E-state index contributed by atoms with van der Waals surface area (Å²) in [6.45, 7) is 1.61. The Morgan fingerprint density at radius 1 is 1.16 bits per heavy atom. The number of rotatable bonds is 9. The maximum atomic E-state index is 15.0. The summed E-state index contributed by atoms with van der Waals surface area (Å²) >= 11 is 0. The van der Waals surface area contributed by atoms with Gasteiger partial charge in [-0.15, -0.1) is 0 Å². The molecule has 0 aromatic heterocycles. The Bertz CT molecular complexity index is 1380. The highest BCUT2D eigenvalue weighted by Crippen LogP contribution is 2.33. The second-order valence-electron chi connectivity index (χ2n) is 9.18. The molecule has 1 saturated carbocycles. The van der Waals surface area contributed by atoms with Gasteiger partial charge in [0.05, 0.1) is 17.4 Å². The lowest BCUT2D eigenvalue weighted by atomic mass is 9.92. The largest absolute Gasteiger partial charge is 0.493 e. The van der Waals surface area contributed by atoms with Crippen molar-refractivity contribution in [1.82, 2.24) is 10.0 Å². The van der Waals surface area contributed by atoms with Crippen molar-refractivity contribution in [2.45, 2.75) is 50.3 Å². The molecule has 1 unspecified atom stereocenters. The Balaban J connectivity index is 1.64. The van der Waals surface area contributed by atoms with E-state index < -0.39 is 45.8 Å². The molecule has 1 heterocycles.